The molecule has 48 heavy (non-hydrogen) atoms. The number of ether oxygens (including phenoxy) is 4. The van der Waals surface area contributed by atoms with Crippen molar-refractivity contribution in [2.75, 3.05) is 26.4 Å². The zero-order chi connectivity index (χ0) is 35.1. The van der Waals surface area contributed by atoms with Crippen LogP contribution in [-0.4, -0.2) is 89.6 Å². The molecule has 1 aliphatic heterocycles. The molecule has 0 amide bonds. The first-order valence-electron chi connectivity index (χ1n) is 19.1. The van der Waals surface area contributed by atoms with Crippen LogP contribution in [0.1, 0.15) is 142 Å². The van der Waals surface area contributed by atoms with Crippen LogP contribution in [0.25, 0.3) is 0 Å². The average molecular weight is 683 g/mol. The first kappa shape index (κ1) is 44.4. The first-order valence-corrected chi connectivity index (χ1v) is 19.1. The lowest BCUT2D eigenvalue weighted by Gasteiger charge is -2.39. The van der Waals surface area contributed by atoms with Gasteiger partial charge in [-0.3, -0.25) is 4.79 Å². The van der Waals surface area contributed by atoms with Crippen LogP contribution in [0.5, 0.6) is 0 Å². The first-order chi connectivity index (χ1) is 23.4. The van der Waals surface area contributed by atoms with E-state index >= 15 is 0 Å². The van der Waals surface area contributed by atoms with E-state index in [0.717, 1.165) is 64.2 Å². The summed E-state index contributed by atoms with van der Waals surface area (Å²) >= 11 is 0. The Labute approximate surface area is 291 Å². The summed E-state index contributed by atoms with van der Waals surface area (Å²) in [6.07, 6.45) is 27.4. The van der Waals surface area contributed by atoms with Crippen molar-refractivity contribution in [2.24, 2.45) is 0 Å². The van der Waals surface area contributed by atoms with Crippen molar-refractivity contribution in [1.29, 1.82) is 0 Å². The van der Waals surface area contributed by atoms with Crippen molar-refractivity contribution in [3.8, 4) is 0 Å². The maximum atomic E-state index is 12.7. The lowest BCUT2D eigenvalue weighted by atomic mass is 9.99. The Kier molecular flexibility index (Phi) is 29.1. The summed E-state index contributed by atoms with van der Waals surface area (Å²) < 4.78 is 22.6. The fourth-order valence-corrected chi connectivity index (χ4v) is 5.56. The van der Waals surface area contributed by atoms with Gasteiger partial charge in [0.15, 0.2) is 6.29 Å². The number of hydrogen-bond acceptors (Lipinski definition) is 9. The minimum atomic E-state index is -1.53. The van der Waals surface area contributed by atoms with Gasteiger partial charge in [-0.15, -0.1) is 0 Å². The zero-order valence-electron chi connectivity index (χ0n) is 30.2. The molecule has 0 bridgehead atoms. The molecule has 0 radical (unpaired) electrons. The number of allylic oxidation sites excluding steroid dienone is 6. The molecule has 6 atom stereocenters. The zero-order valence-corrected chi connectivity index (χ0v) is 30.2. The summed E-state index contributed by atoms with van der Waals surface area (Å²) in [6.45, 7) is 4.40. The molecular formula is C39H70O9. The van der Waals surface area contributed by atoms with Crippen LogP contribution in [0.15, 0.2) is 36.5 Å². The highest BCUT2D eigenvalue weighted by atomic mass is 16.7. The molecule has 1 rings (SSSR count). The van der Waals surface area contributed by atoms with E-state index in [-0.39, 0.29) is 19.2 Å². The molecule has 1 fully saturated rings. The van der Waals surface area contributed by atoms with Crippen LogP contribution in [0, 0.1) is 0 Å². The largest absolute Gasteiger partial charge is 0.457 e. The Bertz CT molecular complexity index is 828. The van der Waals surface area contributed by atoms with Gasteiger partial charge in [-0.1, -0.05) is 127 Å². The SMILES string of the molecule is CC/C=C\C/C=C\C/C=C\CCCCCCCCCC(=O)OC(COCCCCCCCCCC)COC1OC(CO)C(O)C(O)C1O. The Balaban J connectivity index is 2.30. The summed E-state index contributed by atoms with van der Waals surface area (Å²) in [4.78, 5) is 12.7. The second-order valence-electron chi connectivity index (χ2n) is 13.0. The molecule has 0 aromatic heterocycles. The highest BCUT2D eigenvalue weighted by molar-refractivity contribution is 5.69. The second-order valence-corrected chi connectivity index (χ2v) is 13.0. The van der Waals surface area contributed by atoms with Gasteiger partial charge in [-0.2, -0.15) is 0 Å². The van der Waals surface area contributed by atoms with E-state index in [1.807, 2.05) is 0 Å². The molecule has 1 saturated heterocycles. The third-order valence-electron chi connectivity index (χ3n) is 8.57. The van der Waals surface area contributed by atoms with Crippen LogP contribution in [0.3, 0.4) is 0 Å². The van der Waals surface area contributed by atoms with Gasteiger partial charge in [0.1, 0.15) is 30.5 Å². The number of esters is 1. The minimum Gasteiger partial charge on any atom is -0.457 e. The fraction of sp³-hybridized carbons (Fsp3) is 0.821. The summed E-state index contributed by atoms with van der Waals surface area (Å²) in [7, 11) is 0. The molecule has 0 saturated carbocycles. The highest BCUT2D eigenvalue weighted by Gasteiger charge is 2.44. The average Bonchev–Trinajstić information content (AvgIpc) is 3.08. The van der Waals surface area contributed by atoms with Crippen LogP contribution < -0.4 is 0 Å². The van der Waals surface area contributed by atoms with Crippen LogP contribution in [0.2, 0.25) is 0 Å². The minimum absolute atomic E-state index is 0.117. The maximum absolute atomic E-state index is 12.7. The molecule has 1 aliphatic rings. The third kappa shape index (κ3) is 22.9. The molecule has 9 nitrogen and oxygen atoms in total. The molecule has 0 aromatic carbocycles. The van der Waals surface area contributed by atoms with Gasteiger partial charge in [0.05, 0.1) is 19.8 Å². The monoisotopic (exact) mass is 683 g/mol. The summed E-state index contributed by atoms with van der Waals surface area (Å²) in [5, 5.41) is 39.9. The number of aliphatic hydroxyl groups is 4. The van der Waals surface area contributed by atoms with E-state index in [9.17, 15) is 25.2 Å². The van der Waals surface area contributed by atoms with Crippen molar-refractivity contribution >= 4 is 5.97 Å². The van der Waals surface area contributed by atoms with Gasteiger partial charge in [0.25, 0.3) is 0 Å². The van der Waals surface area contributed by atoms with Gasteiger partial charge in [-0.05, 0) is 44.9 Å². The third-order valence-corrected chi connectivity index (χ3v) is 8.57. The van der Waals surface area contributed by atoms with Gasteiger partial charge in [0.2, 0.25) is 0 Å². The second kappa shape index (κ2) is 31.4. The standard InChI is InChI=1S/C39H70O9/c1-3-5-7-9-11-13-14-15-16-17-18-19-20-21-22-24-26-28-35(41)47-33(31-45-29-27-25-23-12-10-8-6-4-2)32-46-39-38(44)37(43)36(42)34(30-40)48-39/h5,7,11,13,15-16,33-34,36-40,42-44H,3-4,6,8-10,12,14,17-32H2,1-2H3/b7-5-,13-11-,16-15-. The molecule has 4 N–H and O–H groups in total. The van der Waals surface area contributed by atoms with E-state index < -0.39 is 43.4 Å². The van der Waals surface area contributed by atoms with Crippen molar-refractivity contribution in [1.82, 2.24) is 0 Å². The topological polar surface area (TPSA) is 135 Å². The predicted molar refractivity (Wildman–Crippen MR) is 192 cm³/mol. The van der Waals surface area contributed by atoms with Gasteiger partial charge >= 0.3 is 5.97 Å². The molecule has 280 valence electrons. The van der Waals surface area contributed by atoms with E-state index in [1.165, 1.54) is 57.8 Å². The summed E-state index contributed by atoms with van der Waals surface area (Å²) in [5.74, 6) is -0.327. The Morgan fingerprint density at radius 1 is 0.688 bits per heavy atom. The van der Waals surface area contributed by atoms with E-state index in [2.05, 4.69) is 50.3 Å². The summed E-state index contributed by atoms with van der Waals surface area (Å²) in [5.41, 5.74) is 0. The number of aliphatic hydroxyl groups excluding tert-OH is 4. The van der Waals surface area contributed by atoms with Crippen molar-refractivity contribution < 1.29 is 44.2 Å². The quantitative estimate of drug-likeness (QED) is 0.0339. The Morgan fingerprint density at radius 2 is 1.27 bits per heavy atom. The van der Waals surface area contributed by atoms with Gasteiger partial charge in [-0.25, -0.2) is 0 Å². The van der Waals surface area contributed by atoms with E-state index in [4.69, 9.17) is 18.9 Å². The Hall–Kier alpha value is -1.59. The number of unbranched alkanes of at least 4 members (excludes halogenated alkanes) is 14. The van der Waals surface area contributed by atoms with Crippen LogP contribution >= 0.6 is 0 Å². The number of carbonyl (C=O) groups is 1. The Morgan fingerprint density at radius 3 is 1.92 bits per heavy atom. The molecule has 0 aromatic rings. The predicted octanol–water partition coefficient (Wildman–Crippen LogP) is 7.24. The lowest BCUT2D eigenvalue weighted by Crippen LogP contribution is -2.59. The van der Waals surface area contributed by atoms with Gasteiger partial charge < -0.3 is 39.4 Å². The number of rotatable bonds is 31. The number of carbonyl (C=O) groups excluding carboxylic acids is 1. The lowest BCUT2D eigenvalue weighted by molar-refractivity contribution is -0.305. The van der Waals surface area contributed by atoms with Crippen molar-refractivity contribution in [2.45, 2.75) is 179 Å². The van der Waals surface area contributed by atoms with E-state index in [0.29, 0.717) is 13.0 Å². The van der Waals surface area contributed by atoms with Gasteiger partial charge in [0, 0.05) is 13.0 Å². The molecule has 0 spiro atoms. The number of hydrogen-bond donors (Lipinski definition) is 4. The van der Waals surface area contributed by atoms with E-state index in [1.54, 1.807) is 0 Å². The van der Waals surface area contributed by atoms with Crippen LogP contribution in [0.4, 0.5) is 0 Å². The highest BCUT2D eigenvalue weighted by Crippen LogP contribution is 2.22. The normalized spacial score (nSPS) is 22.3. The molecule has 1 heterocycles. The maximum Gasteiger partial charge on any atom is 0.306 e. The molecule has 0 aliphatic carbocycles. The molecule has 6 unspecified atom stereocenters. The summed E-state index contributed by atoms with van der Waals surface area (Å²) in [6, 6.07) is 0. The fourth-order valence-electron chi connectivity index (χ4n) is 5.56. The molecule has 9 heteroatoms. The van der Waals surface area contributed by atoms with Crippen molar-refractivity contribution in [3.05, 3.63) is 36.5 Å². The van der Waals surface area contributed by atoms with Crippen molar-refractivity contribution in [3.63, 3.8) is 0 Å². The molecular weight excluding hydrogens is 612 g/mol. The van der Waals surface area contributed by atoms with Crippen LogP contribution in [-0.2, 0) is 23.7 Å². The smallest absolute Gasteiger partial charge is 0.306 e.